The third kappa shape index (κ3) is 4.55. The number of piperidine rings is 1. The van der Waals surface area contributed by atoms with Crippen molar-refractivity contribution in [1.29, 1.82) is 0 Å². The van der Waals surface area contributed by atoms with Crippen LogP contribution >= 0.6 is 11.6 Å². The van der Waals surface area contributed by atoms with E-state index in [0.717, 1.165) is 11.3 Å². The zero-order valence-electron chi connectivity index (χ0n) is 17.7. The number of rotatable bonds is 6. The fourth-order valence-corrected chi connectivity index (χ4v) is 4.40. The number of carbonyl (C=O) groups is 1. The maximum Gasteiger partial charge on any atom is 0.309 e. The summed E-state index contributed by atoms with van der Waals surface area (Å²) in [6, 6.07) is 8.58. The van der Waals surface area contributed by atoms with Gasteiger partial charge in [0.2, 0.25) is 0 Å². The number of pyridine rings is 1. The molecule has 2 aromatic rings. The Balaban J connectivity index is 2.01. The zero-order chi connectivity index (χ0) is 21.8. The molecule has 1 unspecified atom stereocenters. The van der Waals surface area contributed by atoms with Crippen molar-refractivity contribution in [2.75, 3.05) is 19.7 Å². The maximum atomic E-state index is 13.3. The summed E-state index contributed by atoms with van der Waals surface area (Å²) in [7, 11) is 0. The number of nitrogens with zero attached hydrogens (tertiary/aromatic N) is 2. The molecule has 1 N–H and O–H groups in total. The standard InChI is InChI=1S/C23H29ClN2O4/c1-4-26-15(3)14-19(27)20(22(26)28)21(16-6-8-18(24)9-7-16)25-12-10-17(11-13-25)23(29)30-5-2/h6-9,14,17,21,27H,4-5,10-13H2,1-3H3. The zero-order valence-corrected chi connectivity index (χ0v) is 18.5. The topological polar surface area (TPSA) is 71.8 Å². The molecular formula is C23H29ClN2O4. The highest BCUT2D eigenvalue weighted by Crippen LogP contribution is 2.35. The first-order valence-electron chi connectivity index (χ1n) is 10.5. The van der Waals surface area contributed by atoms with Gasteiger partial charge in [-0.25, -0.2) is 0 Å². The number of esters is 1. The second-order valence-corrected chi connectivity index (χ2v) is 8.09. The number of ether oxygens (including phenoxy) is 1. The van der Waals surface area contributed by atoms with Crippen molar-refractivity contribution >= 4 is 17.6 Å². The number of aromatic nitrogens is 1. The summed E-state index contributed by atoms with van der Waals surface area (Å²) in [5.74, 6) is -0.299. The maximum absolute atomic E-state index is 13.3. The summed E-state index contributed by atoms with van der Waals surface area (Å²) in [5.41, 5.74) is 1.77. The van der Waals surface area contributed by atoms with Crippen molar-refractivity contribution in [3.8, 4) is 5.75 Å². The minimum atomic E-state index is -0.420. The summed E-state index contributed by atoms with van der Waals surface area (Å²) in [4.78, 5) is 27.6. The number of halogens is 1. The third-order valence-electron chi connectivity index (χ3n) is 5.81. The summed E-state index contributed by atoms with van der Waals surface area (Å²) in [5, 5.41) is 11.4. The van der Waals surface area contributed by atoms with Crippen LogP contribution in [0.25, 0.3) is 0 Å². The molecule has 1 aromatic carbocycles. The SMILES string of the molecule is CCOC(=O)C1CCN(C(c2ccc(Cl)cc2)c2c(O)cc(C)n(CC)c2=O)CC1. The van der Waals surface area contributed by atoms with Crippen molar-refractivity contribution < 1.29 is 14.6 Å². The first kappa shape index (κ1) is 22.4. The van der Waals surface area contributed by atoms with E-state index in [1.54, 1.807) is 22.8 Å². The van der Waals surface area contributed by atoms with Crippen LogP contribution in [0.3, 0.4) is 0 Å². The molecule has 0 aliphatic carbocycles. The summed E-state index contributed by atoms with van der Waals surface area (Å²) < 4.78 is 6.85. The van der Waals surface area contributed by atoms with E-state index >= 15 is 0 Å². The Bertz CT molecular complexity index is 947. The molecule has 7 heteroatoms. The highest BCUT2D eigenvalue weighted by Gasteiger charge is 2.34. The van der Waals surface area contributed by atoms with Gasteiger partial charge in [0.1, 0.15) is 5.75 Å². The smallest absolute Gasteiger partial charge is 0.309 e. The van der Waals surface area contributed by atoms with Gasteiger partial charge in [-0.05, 0) is 70.5 Å². The molecule has 1 aliphatic rings. The van der Waals surface area contributed by atoms with Gasteiger partial charge in [-0.15, -0.1) is 0 Å². The highest BCUT2D eigenvalue weighted by atomic mass is 35.5. The largest absolute Gasteiger partial charge is 0.507 e. The number of hydrogen-bond donors (Lipinski definition) is 1. The number of benzene rings is 1. The third-order valence-corrected chi connectivity index (χ3v) is 6.06. The predicted octanol–water partition coefficient (Wildman–Crippen LogP) is 3.90. The van der Waals surface area contributed by atoms with Crippen molar-refractivity contribution in [2.45, 2.75) is 46.2 Å². The number of aromatic hydroxyl groups is 1. The molecule has 0 saturated carbocycles. The van der Waals surface area contributed by atoms with Crippen molar-refractivity contribution in [3.05, 3.63) is 62.5 Å². The van der Waals surface area contributed by atoms with E-state index in [4.69, 9.17) is 16.3 Å². The fourth-order valence-electron chi connectivity index (χ4n) is 4.28. The molecule has 3 rings (SSSR count). The number of likely N-dealkylation sites (tertiary alicyclic amines) is 1. The van der Waals surface area contributed by atoms with E-state index in [1.165, 1.54) is 0 Å². The van der Waals surface area contributed by atoms with E-state index < -0.39 is 6.04 Å². The number of aryl methyl sites for hydroxylation is 1. The van der Waals surface area contributed by atoms with Gasteiger partial charge in [0.05, 0.1) is 24.1 Å². The highest BCUT2D eigenvalue weighted by molar-refractivity contribution is 6.30. The number of hydrogen-bond acceptors (Lipinski definition) is 5. The molecule has 1 aliphatic heterocycles. The van der Waals surface area contributed by atoms with Crippen LogP contribution in [0.1, 0.15) is 49.6 Å². The van der Waals surface area contributed by atoms with Gasteiger partial charge in [-0.2, -0.15) is 0 Å². The Hall–Kier alpha value is -2.31. The van der Waals surface area contributed by atoms with Crippen molar-refractivity contribution in [2.24, 2.45) is 5.92 Å². The van der Waals surface area contributed by atoms with Gasteiger partial charge in [0, 0.05) is 17.3 Å². The second-order valence-electron chi connectivity index (χ2n) is 7.65. The molecule has 162 valence electrons. The van der Waals surface area contributed by atoms with E-state index in [1.807, 2.05) is 32.9 Å². The second kappa shape index (κ2) is 9.67. The molecule has 0 bridgehead atoms. The molecule has 0 spiro atoms. The van der Waals surface area contributed by atoms with E-state index in [-0.39, 0.29) is 23.2 Å². The van der Waals surface area contributed by atoms with Gasteiger partial charge in [-0.1, -0.05) is 23.7 Å². The monoisotopic (exact) mass is 432 g/mol. The van der Waals surface area contributed by atoms with Crippen molar-refractivity contribution in [1.82, 2.24) is 9.47 Å². The molecule has 6 nitrogen and oxygen atoms in total. The lowest BCUT2D eigenvalue weighted by Crippen LogP contribution is -2.42. The Labute approximate surface area is 182 Å². The van der Waals surface area contributed by atoms with Crippen LogP contribution in [0.15, 0.2) is 35.1 Å². The molecule has 2 heterocycles. The first-order chi connectivity index (χ1) is 14.4. The molecule has 30 heavy (non-hydrogen) atoms. The van der Waals surface area contributed by atoms with E-state index in [9.17, 15) is 14.7 Å². The molecule has 1 aromatic heterocycles. The van der Waals surface area contributed by atoms with Gasteiger partial charge in [-0.3, -0.25) is 14.5 Å². The van der Waals surface area contributed by atoms with E-state index in [0.29, 0.717) is 49.7 Å². The Morgan fingerprint density at radius 3 is 2.43 bits per heavy atom. The molecule has 0 radical (unpaired) electrons. The van der Waals surface area contributed by atoms with Crippen LogP contribution in [0, 0.1) is 12.8 Å². The van der Waals surface area contributed by atoms with Crippen LogP contribution in [-0.4, -0.2) is 40.2 Å². The molecular weight excluding hydrogens is 404 g/mol. The van der Waals surface area contributed by atoms with Gasteiger partial charge in [0.25, 0.3) is 5.56 Å². The fraction of sp³-hybridized carbons (Fsp3) is 0.478. The van der Waals surface area contributed by atoms with Crippen molar-refractivity contribution in [3.63, 3.8) is 0 Å². The molecule has 1 saturated heterocycles. The summed E-state index contributed by atoms with van der Waals surface area (Å²) in [6.45, 7) is 7.68. The van der Waals surface area contributed by atoms with Crippen LogP contribution in [0.4, 0.5) is 0 Å². The Morgan fingerprint density at radius 1 is 1.23 bits per heavy atom. The quantitative estimate of drug-likeness (QED) is 0.701. The molecule has 1 fully saturated rings. The average molecular weight is 433 g/mol. The van der Waals surface area contributed by atoms with E-state index in [2.05, 4.69) is 4.90 Å². The number of carbonyl (C=O) groups excluding carboxylic acids is 1. The minimum Gasteiger partial charge on any atom is -0.507 e. The molecule has 0 amide bonds. The lowest BCUT2D eigenvalue weighted by molar-refractivity contribution is -0.149. The van der Waals surface area contributed by atoms with Crippen LogP contribution in [0.2, 0.25) is 5.02 Å². The lowest BCUT2D eigenvalue weighted by Gasteiger charge is -2.37. The van der Waals surface area contributed by atoms with Crippen LogP contribution in [-0.2, 0) is 16.1 Å². The van der Waals surface area contributed by atoms with Gasteiger partial charge < -0.3 is 14.4 Å². The predicted molar refractivity (Wildman–Crippen MR) is 117 cm³/mol. The van der Waals surface area contributed by atoms with Crippen LogP contribution < -0.4 is 5.56 Å². The summed E-state index contributed by atoms with van der Waals surface area (Å²) in [6.07, 6.45) is 1.30. The Kier molecular flexibility index (Phi) is 7.21. The van der Waals surface area contributed by atoms with Gasteiger partial charge in [0.15, 0.2) is 0 Å². The first-order valence-corrected chi connectivity index (χ1v) is 10.8. The minimum absolute atomic E-state index is 0.00494. The summed E-state index contributed by atoms with van der Waals surface area (Å²) >= 11 is 6.08. The van der Waals surface area contributed by atoms with Gasteiger partial charge >= 0.3 is 5.97 Å². The lowest BCUT2D eigenvalue weighted by atomic mass is 9.91. The van der Waals surface area contributed by atoms with Crippen LogP contribution in [0.5, 0.6) is 5.75 Å². The normalized spacial score (nSPS) is 16.4. The molecule has 1 atom stereocenters. The average Bonchev–Trinajstić information content (AvgIpc) is 2.72. The Morgan fingerprint density at radius 2 is 1.87 bits per heavy atom.